The molecule has 13 heteroatoms. The lowest BCUT2D eigenvalue weighted by Crippen LogP contribution is -2.49. The second kappa shape index (κ2) is 13.8. The van der Waals surface area contributed by atoms with E-state index in [4.69, 9.17) is 0 Å². The van der Waals surface area contributed by atoms with Gasteiger partial charge in [-0.25, -0.2) is 8.78 Å². The van der Waals surface area contributed by atoms with Crippen LogP contribution in [0.15, 0.2) is 91.0 Å². The van der Waals surface area contributed by atoms with Gasteiger partial charge < -0.3 is 10.1 Å². The summed E-state index contributed by atoms with van der Waals surface area (Å²) in [7, 11) is 0. The standard InChI is InChI=1S/C36H29F10NO2/c37-30-17-15-26(20-28(30)23-10-5-2-6-11-23)33(21-22-8-3-1-4-9-22,25-12-7-13-27(19-25)49-36(45,46)35(42,43)44)47-32(48)24-14-16-31(38)29(18-24)34(39,40)41/h1,3-4,7-9,12-20,23H,2,5-6,10-11,21H2,(H,47,48)/t33-/m0/s1. The van der Waals surface area contributed by atoms with Gasteiger partial charge in [0, 0.05) is 12.0 Å². The first kappa shape index (κ1) is 35.7. The van der Waals surface area contributed by atoms with E-state index in [1.54, 1.807) is 30.3 Å². The molecule has 3 nitrogen and oxygen atoms in total. The molecule has 0 unspecified atom stereocenters. The van der Waals surface area contributed by atoms with E-state index in [0.717, 1.165) is 49.6 Å². The van der Waals surface area contributed by atoms with Crippen LogP contribution in [-0.4, -0.2) is 18.2 Å². The minimum absolute atomic E-state index is 0.112. The average Bonchev–Trinajstić information content (AvgIpc) is 3.04. The summed E-state index contributed by atoms with van der Waals surface area (Å²) < 4.78 is 142. The number of rotatable bonds is 9. The number of nitrogens with one attached hydrogen (secondary N) is 1. The number of ether oxygens (including phenoxy) is 1. The van der Waals surface area contributed by atoms with Crippen LogP contribution in [-0.2, 0) is 18.1 Å². The normalized spacial score (nSPS) is 15.8. The van der Waals surface area contributed by atoms with Crippen molar-refractivity contribution in [1.29, 1.82) is 0 Å². The average molecular weight is 698 g/mol. The first-order valence-electron chi connectivity index (χ1n) is 15.3. The molecule has 1 atom stereocenters. The molecule has 260 valence electrons. The van der Waals surface area contributed by atoms with Crippen LogP contribution in [0.1, 0.15) is 76.2 Å². The zero-order chi connectivity index (χ0) is 35.6. The fraction of sp³-hybridized carbons (Fsp3) is 0.306. The van der Waals surface area contributed by atoms with Gasteiger partial charge in [0.05, 0.1) is 11.1 Å². The maximum atomic E-state index is 15.4. The highest BCUT2D eigenvalue weighted by Crippen LogP contribution is 2.42. The Labute approximate surface area is 274 Å². The summed E-state index contributed by atoms with van der Waals surface area (Å²) in [5, 5.41) is 2.68. The molecule has 49 heavy (non-hydrogen) atoms. The first-order chi connectivity index (χ1) is 23.0. The van der Waals surface area contributed by atoms with Crippen molar-refractivity contribution < 1.29 is 53.4 Å². The molecule has 5 rings (SSSR count). The van der Waals surface area contributed by atoms with Crippen molar-refractivity contribution in [1.82, 2.24) is 5.32 Å². The molecule has 1 N–H and O–H groups in total. The highest BCUT2D eigenvalue weighted by atomic mass is 19.4. The lowest BCUT2D eigenvalue weighted by molar-refractivity contribution is -0.360. The summed E-state index contributed by atoms with van der Waals surface area (Å²) in [5.41, 5.74) is -3.47. The third-order valence-corrected chi connectivity index (χ3v) is 8.61. The van der Waals surface area contributed by atoms with Crippen molar-refractivity contribution in [3.63, 3.8) is 0 Å². The maximum absolute atomic E-state index is 15.4. The Hall–Kier alpha value is -4.55. The Bertz CT molecular complexity index is 1780. The zero-order valence-corrected chi connectivity index (χ0v) is 25.6. The molecule has 0 radical (unpaired) electrons. The molecule has 0 bridgehead atoms. The van der Waals surface area contributed by atoms with Gasteiger partial charge in [0.1, 0.15) is 17.4 Å². The number of hydrogen-bond acceptors (Lipinski definition) is 2. The van der Waals surface area contributed by atoms with E-state index in [1.165, 1.54) is 18.2 Å². The van der Waals surface area contributed by atoms with Crippen molar-refractivity contribution in [2.24, 2.45) is 0 Å². The van der Waals surface area contributed by atoms with E-state index in [9.17, 15) is 44.3 Å². The van der Waals surface area contributed by atoms with E-state index < -0.39 is 58.4 Å². The summed E-state index contributed by atoms with van der Waals surface area (Å²) in [6, 6.07) is 17.8. The van der Waals surface area contributed by atoms with Crippen LogP contribution in [0.5, 0.6) is 5.75 Å². The van der Waals surface area contributed by atoms with E-state index in [1.807, 2.05) is 0 Å². The van der Waals surface area contributed by atoms with Crippen molar-refractivity contribution in [2.75, 3.05) is 0 Å². The molecule has 1 aliphatic carbocycles. The van der Waals surface area contributed by atoms with E-state index in [-0.39, 0.29) is 29.0 Å². The van der Waals surface area contributed by atoms with Crippen LogP contribution >= 0.6 is 0 Å². The quantitative estimate of drug-likeness (QED) is 0.177. The van der Waals surface area contributed by atoms with Crippen LogP contribution in [0.25, 0.3) is 0 Å². The molecule has 1 fully saturated rings. The fourth-order valence-electron chi connectivity index (χ4n) is 6.18. The minimum atomic E-state index is -6.08. The van der Waals surface area contributed by atoms with Gasteiger partial charge in [-0.15, -0.1) is 0 Å². The number of hydrogen-bond donors (Lipinski definition) is 1. The monoisotopic (exact) mass is 697 g/mol. The third-order valence-electron chi connectivity index (χ3n) is 8.61. The van der Waals surface area contributed by atoms with E-state index >= 15 is 4.39 Å². The molecule has 0 saturated heterocycles. The van der Waals surface area contributed by atoms with Gasteiger partial charge in [-0.2, -0.15) is 35.1 Å². The molecule has 0 heterocycles. The molecule has 0 aromatic heterocycles. The number of carbonyl (C=O) groups is 1. The number of alkyl halides is 8. The zero-order valence-electron chi connectivity index (χ0n) is 25.6. The summed E-state index contributed by atoms with van der Waals surface area (Å²) in [6.07, 6.45) is -13.2. The Morgan fingerprint density at radius 2 is 1.37 bits per heavy atom. The first-order valence-corrected chi connectivity index (χ1v) is 15.3. The molecule has 1 saturated carbocycles. The Morgan fingerprint density at radius 3 is 2.02 bits per heavy atom. The smallest absolute Gasteiger partial charge is 0.426 e. The topological polar surface area (TPSA) is 38.3 Å². The molecule has 1 aliphatic rings. The van der Waals surface area contributed by atoms with Gasteiger partial charge in [0.2, 0.25) is 0 Å². The lowest BCUT2D eigenvalue weighted by atomic mass is 9.75. The molecular formula is C36H29F10NO2. The van der Waals surface area contributed by atoms with Crippen molar-refractivity contribution in [2.45, 2.75) is 68.4 Å². The third kappa shape index (κ3) is 7.86. The van der Waals surface area contributed by atoms with Gasteiger partial charge in [-0.1, -0.05) is 67.8 Å². The SMILES string of the molecule is O=C(N[C@@](Cc1ccccc1)(c1cccc(OC(F)(F)C(F)(F)F)c1)c1ccc(F)c(C2CCCCC2)c1)c1ccc(F)c(C(F)(F)F)c1. The Morgan fingerprint density at radius 1 is 0.714 bits per heavy atom. The number of halogens is 10. The van der Waals surface area contributed by atoms with Crippen LogP contribution < -0.4 is 10.1 Å². The fourth-order valence-corrected chi connectivity index (χ4v) is 6.18. The van der Waals surface area contributed by atoms with Crippen LogP contribution in [0, 0.1) is 11.6 Å². The van der Waals surface area contributed by atoms with Gasteiger partial charge in [0.15, 0.2) is 0 Å². The number of benzene rings is 4. The van der Waals surface area contributed by atoms with Crippen LogP contribution in [0.2, 0.25) is 0 Å². The minimum Gasteiger partial charge on any atom is -0.426 e. The maximum Gasteiger partial charge on any atom is 0.499 e. The number of carbonyl (C=O) groups excluding carboxylic acids is 1. The van der Waals surface area contributed by atoms with Gasteiger partial charge >= 0.3 is 18.5 Å². The molecule has 4 aromatic rings. The van der Waals surface area contributed by atoms with Crippen molar-refractivity contribution >= 4 is 5.91 Å². The molecule has 0 spiro atoms. The van der Waals surface area contributed by atoms with Crippen molar-refractivity contribution in [3.05, 3.63) is 136 Å². The van der Waals surface area contributed by atoms with Crippen LogP contribution in [0.3, 0.4) is 0 Å². The predicted molar refractivity (Wildman–Crippen MR) is 160 cm³/mol. The molecule has 1 amide bonds. The van der Waals surface area contributed by atoms with Crippen LogP contribution in [0.4, 0.5) is 43.9 Å². The van der Waals surface area contributed by atoms with Crippen molar-refractivity contribution in [3.8, 4) is 5.75 Å². The summed E-state index contributed by atoms with van der Waals surface area (Å²) in [5.74, 6) is -4.54. The van der Waals surface area contributed by atoms with Gasteiger partial charge in [0.25, 0.3) is 5.91 Å². The molecule has 4 aromatic carbocycles. The lowest BCUT2D eigenvalue weighted by Gasteiger charge is -2.38. The Kier molecular flexibility index (Phi) is 10.0. The summed E-state index contributed by atoms with van der Waals surface area (Å²) >= 11 is 0. The number of amides is 1. The second-order valence-corrected chi connectivity index (χ2v) is 11.9. The molecular weight excluding hydrogens is 668 g/mol. The van der Waals surface area contributed by atoms with Gasteiger partial charge in [-0.3, -0.25) is 4.79 Å². The highest BCUT2D eigenvalue weighted by Gasteiger charge is 2.61. The van der Waals surface area contributed by atoms with Gasteiger partial charge in [-0.05, 0) is 83.5 Å². The Balaban J connectivity index is 1.74. The summed E-state index contributed by atoms with van der Waals surface area (Å²) in [6.45, 7) is 0. The highest BCUT2D eigenvalue weighted by molar-refractivity contribution is 5.95. The van der Waals surface area contributed by atoms with E-state index in [2.05, 4.69) is 10.1 Å². The second-order valence-electron chi connectivity index (χ2n) is 11.9. The summed E-state index contributed by atoms with van der Waals surface area (Å²) in [4.78, 5) is 13.9. The predicted octanol–water partition coefficient (Wildman–Crippen LogP) is 10.5. The molecule has 0 aliphatic heterocycles. The largest absolute Gasteiger partial charge is 0.499 e. The van der Waals surface area contributed by atoms with E-state index in [0.29, 0.717) is 30.5 Å².